The maximum Gasteiger partial charge on any atom is 0.251 e. The molecule has 0 fully saturated rings. The molecule has 0 radical (unpaired) electrons. The molecule has 2 rings (SSSR count). The van der Waals surface area contributed by atoms with Gasteiger partial charge >= 0.3 is 0 Å². The summed E-state index contributed by atoms with van der Waals surface area (Å²) in [6.07, 6.45) is 2.16. The maximum absolute atomic E-state index is 11.6. The van der Waals surface area contributed by atoms with Gasteiger partial charge in [0.05, 0.1) is 0 Å². The van der Waals surface area contributed by atoms with Gasteiger partial charge in [-0.25, -0.2) is 0 Å². The van der Waals surface area contributed by atoms with Gasteiger partial charge in [-0.15, -0.1) is 0 Å². The summed E-state index contributed by atoms with van der Waals surface area (Å²) in [5.74, 6) is -0.0475. The molecular formula is C18H22N2O. The summed E-state index contributed by atoms with van der Waals surface area (Å²) >= 11 is 0. The molecule has 0 saturated heterocycles. The van der Waals surface area contributed by atoms with E-state index >= 15 is 0 Å². The summed E-state index contributed by atoms with van der Waals surface area (Å²) in [6.45, 7) is 2.95. The van der Waals surface area contributed by atoms with E-state index in [-0.39, 0.29) is 5.91 Å². The average Bonchev–Trinajstić information content (AvgIpc) is 2.53. The number of rotatable bonds is 6. The number of hydrogen-bond donors (Lipinski definition) is 2. The highest BCUT2D eigenvalue weighted by molar-refractivity contribution is 5.94. The first-order chi connectivity index (χ1) is 10.2. The van der Waals surface area contributed by atoms with Gasteiger partial charge in [0.1, 0.15) is 0 Å². The third-order valence-corrected chi connectivity index (χ3v) is 3.52. The minimum atomic E-state index is -0.0475. The summed E-state index contributed by atoms with van der Waals surface area (Å²) in [5, 5.41) is 6.07. The van der Waals surface area contributed by atoms with Crippen molar-refractivity contribution in [2.24, 2.45) is 0 Å². The van der Waals surface area contributed by atoms with E-state index in [2.05, 4.69) is 34.9 Å². The number of aryl methyl sites for hydroxylation is 2. The van der Waals surface area contributed by atoms with E-state index in [9.17, 15) is 4.79 Å². The summed E-state index contributed by atoms with van der Waals surface area (Å²) < 4.78 is 0. The summed E-state index contributed by atoms with van der Waals surface area (Å²) in [7, 11) is 1.65. The van der Waals surface area contributed by atoms with Crippen molar-refractivity contribution < 1.29 is 4.79 Å². The van der Waals surface area contributed by atoms with E-state index in [1.807, 2.05) is 31.2 Å². The standard InChI is InChI=1S/C18H22N2O/c1-14-13-16(18(21)19-2)10-11-17(14)20-12-6-9-15-7-4-3-5-8-15/h3-5,7-8,10-11,13,20H,6,9,12H2,1-2H3,(H,19,21). The van der Waals surface area contributed by atoms with Gasteiger partial charge in [0.25, 0.3) is 5.91 Å². The molecule has 110 valence electrons. The first-order valence-electron chi connectivity index (χ1n) is 7.31. The average molecular weight is 282 g/mol. The lowest BCUT2D eigenvalue weighted by molar-refractivity contribution is 0.0963. The molecule has 3 nitrogen and oxygen atoms in total. The summed E-state index contributed by atoms with van der Waals surface area (Å²) in [4.78, 5) is 11.6. The minimum absolute atomic E-state index is 0.0475. The zero-order chi connectivity index (χ0) is 15.1. The molecule has 2 aromatic rings. The smallest absolute Gasteiger partial charge is 0.251 e. The van der Waals surface area contributed by atoms with E-state index in [0.717, 1.165) is 30.6 Å². The number of anilines is 1. The van der Waals surface area contributed by atoms with Gasteiger partial charge in [0.2, 0.25) is 0 Å². The molecule has 0 aliphatic heterocycles. The van der Waals surface area contributed by atoms with Gasteiger partial charge in [0.15, 0.2) is 0 Å². The number of benzene rings is 2. The van der Waals surface area contributed by atoms with Crippen LogP contribution in [0.4, 0.5) is 5.69 Å². The van der Waals surface area contributed by atoms with Crippen LogP contribution in [0.2, 0.25) is 0 Å². The Morgan fingerprint density at radius 2 is 1.86 bits per heavy atom. The number of carbonyl (C=O) groups is 1. The Kier molecular flexibility index (Phi) is 5.38. The van der Waals surface area contributed by atoms with Crippen LogP contribution in [0.1, 0.15) is 27.9 Å². The van der Waals surface area contributed by atoms with Crippen molar-refractivity contribution in [2.75, 3.05) is 18.9 Å². The van der Waals surface area contributed by atoms with E-state index in [0.29, 0.717) is 5.56 Å². The third kappa shape index (κ3) is 4.35. The van der Waals surface area contributed by atoms with E-state index < -0.39 is 0 Å². The predicted octanol–water partition coefficient (Wildman–Crippen LogP) is 3.40. The Bertz CT molecular complexity index is 593. The van der Waals surface area contributed by atoms with Gasteiger partial charge in [-0.2, -0.15) is 0 Å². The van der Waals surface area contributed by atoms with Crippen LogP contribution in [0.3, 0.4) is 0 Å². The van der Waals surface area contributed by atoms with Crippen molar-refractivity contribution >= 4 is 11.6 Å². The zero-order valence-corrected chi connectivity index (χ0v) is 12.6. The molecule has 0 aromatic heterocycles. The highest BCUT2D eigenvalue weighted by Crippen LogP contribution is 2.16. The summed E-state index contributed by atoms with van der Waals surface area (Å²) in [6, 6.07) is 16.2. The SMILES string of the molecule is CNC(=O)c1ccc(NCCCc2ccccc2)c(C)c1. The fraction of sp³-hybridized carbons (Fsp3) is 0.278. The van der Waals surface area contributed by atoms with Gasteiger partial charge in [-0.05, 0) is 49.1 Å². The highest BCUT2D eigenvalue weighted by atomic mass is 16.1. The Morgan fingerprint density at radius 3 is 2.52 bits per heavy atom. The molecule has 0 saturated carbocycles. The van der Waals surface area contributed by atoms with Crippen molar-refractivity contribution in [3.8, 4) is 0 Å². The second-order valence-electron chi connectivity index (χ2n) is 5.12. The van der Waals surface area contributed by atoms with Crippen LogP contribution < -0.4 is 10.6 Å². The molecule has 1 amide bonds. The second kappa shape index (κ2) is 7.48. The number of amides is 1. The minimum Gasteiger partial charge on any atom is -0.385 e. The second-order valence-corrected chi connectivity index (χ2v) is 5.12. The van der Waals surface area contributed by atoms with Crippen LogP contribution in [-0.2, 0) is 6.42 Å². The molecule has 0 spiro atoms. The fourth-order valence-electron chi connectivity index (χ4n) is 2.31. The Labute approximate surface area is 126 Å². The molecule has 21 heavy (non-hydrogen) atoms. The quantitative estimate of drug-likeness (QED) is 0.797. The molecule has 2 N–H and O–H groups in total. The molecule has 0 atom stereocenters. The first kappa shape index (κ1) is 15.1. The van der Waals surface area contributed by atoms with Crippen LogP contribution in [0, 0.1) is 6.92 Å². The molecule has 0 aliphatic rings. The lowest BCUT2D eigenvalue weighted by Crippen LogP contribution is -2.18. The van der Waals surface area contributed by atoms with Gasteiger partial charge < -0.3 is 10.6 Å². The van der Waals surface area contributed by atoms with Crippen molar-refractivity contribution in [3.05, 3.63) is 65.2 Å². The predicted molar refractivity (Wildman–Crippen MR) is 87.8 cm³/mol. The lowest BCUT2D eigenvalue weighted by Gasteiger charge is -2.11. The van der Waals surface area contributed by atoms with Crippen LogP contribution in [-0.4, -0.2) is 19.5 Å². The Balaban J connectivity index is 1.85. The maximum atomic E-state index is 11.6. The molecule has 0 heterocycles. The largest absolute Gasteiger partial charge is 0.385 e. The highest BCUT2D eigenvalue weighted by Gasteiger charge is 2.05. The first-order valence-corrected chi connectivity index (χ1v) is 7.31. The van der Waals surface area contributed by atoms with Gasteiger partial charge in [0, 0.05) is 24.8 Å². The fourth-order valence-corrected chi connectivity index (χ4v) is 2.31. The normalized spacial score (nSPS) is 10.2. The van der Waals surface area contributed by atoms with Gasteiger partial charge in [-0.1, -0.05) is 30.3 Å². The summed E-state index contributed by atoms with van der Waals surface area (Å²) in [5.41, 5.74) is 4.25. The van der Waals surface area contributed by atoms with Crippen molar-refractivity contribution in [3.63, 3.8) is 0 Å². The molecule has 3 heteroatoms. The van der Waals surface area contributed by atoms with E-state index in [4.69, 9.17) is 0 Å². The van der Waals surface area contributed by atoms with E-state index in [1.54, 1.807) is 7.05 Å². The van der Waals surface area contributed by atoms with Gasteiger partial charge in [-0.3, -0.25) is 4.79 Å². The van der Waals surface area contributed by atoms with Crippen LogP contribution >= 0.6 is 0 Å². The Morgan fingerprint density at radius 1 is 1.10 bits per heavy atom. The lowest BCUT2D eigenvalue weighted by atomic mass is 10.1. The van der Waals surface area contributed by atoms with E-state index in [1.165, 1.54) is 5.56 Å². The van der Waals surface area contributed by atoms with Crippen LogP contribution in [0.15, 0.2) is 48.5 Å². The van der Waals surface area contributed by atoms with Crippen LogP contribution in [0.5, 0.6) is 0 Å². The van der Waals surface area contributed by atoms with Crippen LogP contribution in [0.25, 0.3) is 0 Å². The molecule has 2 aromatic carbocycles. The van der Waals surface area contributed by atoms with Crippen molar-refractivity contribution in [1.29, 1.82) is 0 Å². The zero-order valence-electron chi connectivity index (χ0n) is 12.6. The number of nitrogens with one attached hydrogen (secondary N) is 2. The molecule has 0 aliphatic carbocycles. The molecule has 0 unspecified atom stereocenters. The number of carbonyl (C=O) groups excluding carboxylic acids is 1. The monoisotopic (exact) mass is 282 g/mol. The third-order valence-electron chi connectivity index (χ3n) is 3.52. The molecule has 0 bridgehead atoms. The Hall–Kier alpha value is -2.29. The van der Waals surface area contributed by atoms with Crippen molar-refractivity contribution in [1.82, 2.24) is 5.32 Å². The van der Waals surface area contributed by atoms with Crippen molar-refractivity contribution in [2.45, 2.75) is 19.8 Å². The molecular weight excluding hydrogens is 260 g/mol. The topological polar surface area (TPSA) is 41.1 Å². The number of hydrogen-bond acceptors (Lipinski definition) is 2.